The number of nitrogens with zero attached hydrogens (tertiary/aromatic N) is 2. The molecule has 0 radical (unpaired) electrons. The van der Waals surface area contributed by atoms with E-state index >= 15 is 0 Å². The van der Waals surface area contributed by atoms with E-state index in [2.05, 4.69) is 0 Å². The van der Waals surface area contributed by atoms with Crippen molar-refractivity contribution < 1.29 is 41.8 Å². The highest BCUT2D eigenvalue weighted by Gasteiger charge is 2.35. The summed E-state index contributed by atoms with van der Waals surface area (Å²) in [6.07, 6.45) is -3.42. The maximum Gasteiger partial charge on any atom is 0.416 e. The lowest BCUT2D eigenvalue weighted by atomic mass is 10.2. The van der Waals surface area contributed by atoms with E-state index in [9.17, 15) is 28.1 Å². The van der Waals surface area contributed by atoms with Crippen LogP contribution in [0.3, 0.4) is 0 Å². The molecule has 1 heterocycles. The van der Waals surface area contributed by atoms with Crippen molar-refractivity contribution in [2.75, 3.05) is 26.3 Å². The quantitative estimate of drug-likeness (QED) is 0.220. The first kappa shape index (κ1) is 30.5. The SMILES string of the molecule is CCCCN(CC1(C)OCCCO1)C(=O)C(C)Oc1cc(Oc2ccc(C(F)(F)F)cc2Cl)ccc1[N+](=O)[O-]. The minimum atomic E-state index is -4.59. The molecule has 2 aromatic rings. The van der Waals surface area contributed by atoms with Gasteiger partial charge < -0.3 is 23.8 Å². The van der Waals surface area contributed by atoms with E-state index in [1.807, 2.05) is 6.92 Å². The first-order chi connectivity index (χ1) is 18.3. The van der Waals surface area contributed by atoms with Gasteiger partial charge in [-0.25, -0.2) is 0 Å². The summed E-state index contributed by atoms with van der Waals surface area (Å²) < 4.78 is 61.6. The molecule has 1 saturated heterocycles. The molecule has 1 aliphatic heterocycles. The Hall–Kier alpha value is -3.09. The zero-order chi connectivity index (χ0) is 28.8. The molecule has 0 spiro atoms. The number of nitro groups is 1. The molecule has 1 amide bonds. The van der Waals surface area contributed by atoms with Gasteiger partial charge in [0.05, 0.1) is 35.3 Å². The maximum atomic E-state index is 13.4. The minimum absolute atomic E-state index is 0.0104. The molecule has 0 saturated carbocycles. The molecular weight excluding hydrogens is 545 g/mol. The van der Waals surface area contributed by atoms with Crippen molar-refractivity contribution in [3.8, 4) is 17.2 Å². The monoisotopic (exact) mass is 574 g/mol. The molecule has 3 rings (SSSR count). The third-order valence-electron chi connectivity index (χ3n) is 5.94. The van der Waals surface area contributed by atoms with Gasteiger partial charge in [0.2, 0.25) is 5.75 Å². The normalized spacial score (nSPS) is 15.9. The molecule has 9 nitrogen and oxygen atoms in total. The summed E-state index contributed by atoms with van der Waals surface area (Å²) in [6, 6.07) is 6.10. The standard InChI is InChI=1S/C26H30ClF3N2O7/c1-4-5-11-31(16-25(3)36-12-6-13-37-25)24(33)17(2)38-23-15-19(8-9-21(23)32(34)35)39-22-10-7-18(14-20(22)27)26(28,29)30/h7-10,14-15,17H,4-6,11-13,16H2,1-3H3. The van der Waals surface area contributed by atoms with E-state index in [1.165, 1.54) is 19.1 Å². The lowest BCUT2D eigenvalue weighted by molar-refractivity contribution is -0.386. The topological polar surface area (TPSA) is 100 Å². The second kappa shape index (κ2) is 12.8. The van der Waals surface area contributed by atoms with Crippen LogP contribution in [0.5, 0.6) is 17.2 Å². The molecule has 13 heteroatoms. The molecule has 1 fully saturated rings. The number of hydrogen-bond acceptors (Lipinski definition) is 7. The van der Waals surface area contributed by atoms with Crippen molar-refractivity contribution in [2.24, 2.45) is 0 Å². The summed E-state index contributed by atoms with van der Waals surface area (Å²) in [7, 11) is 0. The molecule has 1 atom stereocenters. The summed E-state index contributed by atoms with van der Waals surface area (Å²) in [5.41, 5.74) is -1.38. The molecule has 0 bridgehead atoms. The fraction of sp³-hybridized carbons (Fsp3) is 0.500. The Bertz CT molecular complexity index is 1170. The predicted molar refractivity (Wildman–Crippen MR) is 136 cm³/mol. The lowest BCUT2D eigenvalue weighted by Gasteiger charge is -2.38. The first-order valence-electron chi connectivity index (χ1n) is 12.4. The molecule has 214 valence electrons. The van der Waals surface area contributed by atoms with Crippen LogP contribution >= 0.6 is 11.6 Å². The highest BCUT2D eigenvalue weighted by Crippen LogP contribution is 2.39. The van der Waals surface area contributed by atoms with Crippen LogP contribution in [0.25, 0.3) is 0 Å². The lowest BCUT2D eigenvalue weighted by Crippen LogP contribution is -2.52. The van der Waals surface area contributed by atoms with E-state index in [1.54, 1.807) is 11.8 Å². The molecule has 1 unspecified atom stereocenters. The van der Waals surface area contributed by atoms with Gasteiger partial charge in [-0.2, -0.15) is 13.2 Å². The largest absolute Gasteiger partial charge is 0.474 e. The highest BCUT2D eigenvalue weighted by molar-refractivity contribution is 6.32. The minimum Gasteiger partial charge on any atom is -0.474 e. The average molecular weight is 575 g/mol. The Morgan fingerprint density at radius 1 is 1.21 bits per heavy atom. The van der Waals surface area contributed by atoms with E-state index in [0.29, 0.717) is 32.2 Å². The second-order valence-corrected chi connectivity index (χ2v) is 9.60. The molecule has 1 aliphatic rings. The number of halogens is 4. The van der Waals surface area contributed by atoms with Crippen LogP contribution in [0.1, 0.15) is 45.6 Å². The van der Waals surface area contributed by atoms with E-state index in [0.717, 1.165) is 31.0 Å². The van der Waals surface area contributed by atoms with Gasteiger partial charge in [0.25, 0.3) is 5.91 Å². The summed E-state index contributed by atoms with van der Waals surface area (Å²) in [5, 5.41) is 11.3. The zero-order valence-corrected chi connectivity index (χ0v) is 22.5. The zero-order valence-electron chi connectivity index (χ0n) is 21.8. The van der Waals surface area contributed by atoms with Crippen molar-refractivity contribution >= 4 is 23.2 Å². The third kappa shape index (κ3) is 8.20. The van der Waals surface area contributed by atoms with Crippen molar-refractivity contribution in [3.63, 3.8) is 0 Å². The third-order valence-corrected chi connectivity index (χ3v) is 6.24. The van der Waals surface area contributed by atoms with Crippen LogP contribution < -0.4 is 9.47 Å². The Kier molecular flexibility index (Phi) is 10.0. The van der Waals surface area contributed by atoms with Crippen LogP contribution in [0.2, 0.25) is 5.02 Å². The van der Waals surface area contributed by atoms with E-state index < -0.39 is 40.1 Å². The Balaban J connectivity index is 1.81. The summed E-state index contributed by atoms with van der Waals surface area (Å²) in [4.78, 5) is 25.9. The van der Waals surface area contributed by atoms with Crippen molar-refractivity contribution in [1.82, 2.24) is 4.90 Å². The number of amides is 1. The van der Waals surface area contributed by atoms with Gasteiger partial charge in [-0.1, -0.05) is 24.9 Å². The second-order valence-electron chi connectivity index (χ2n) is 9.19. The molecule has 0 aromatic heterocycles. The van der Waals surface area contributed by atoms with Crippen molar-refractivity contribution in [1.29, 1.82) is 0 Å². The summed E-state index contributed by atoms with van der Waals surface area (Å²) >= 11 is 5.97. The van der Waals surface area contributed by atoms with E-state index in [4.69, 9.17) is 30.5 Å². The average Bonchev–Trinajstić information content (AvgIpc) is 2.87. The first-order valence-corrected chi connectivity index (χ1v) is 12.8. The van der Waals surface area contributed by atoms with Crippen LogP contribution in [0.4, 0.5) is 18.9 Å². The van der Waals surface area contributed by atoms with Crippen LogP contribution in [0, 0.1) is 10.1 Å². The van der Waals surface area contributed by atoms with Crippen LogP contribution in [-0.2, 0) is 20.4 Å². The number of alkyl halides is 3. The predicted octanol–water partition coefficient (Wildman–Crippen LogP) is 6.61. The maximum absolute atomic E-state index is 13.4. The number of benzene rings is 2. The van der Waals surface area contributed by atoms with E-state index in [-0.39, 0.29) is 28.8 Å². The number of hydrogen-bond donors (Lipinski definition) is 0. The summed E-state index contributed by atoms with van der Waals surface area (Å²) in [5.74, 6) is -1.75. The Labute approximate surface area is 228 Å². The fourth-order valence-electron chi connectivity index (χ4n) is 3.92. The fourth-order valence-corrected chi connectivity index (χ4v) is 4.14. The van der Waals surface area contributed by atoms with Crippen LogP contribution in [0.15, 0.2) is 36.4 Å². The van der Waals surface area contributed by atoms with Crippen molar-refractivity contribution in [3.05, 3.63) is 57.1 Å². The molecule has 39 heavy (non-hydrogen) atoms. The smallest absolute Gasteiger partial charge is 0.416 e. The van der Waals surface area contributed by atoms with Gasteiger partial charge in [-0.3, -0.25) is 14.9 Å². The van der Waals surface area contributed by atoms with Gasteiger partial charge in [0.1, 0.15) is 11.5 Å². The van der Waals surface area contributed by atoms with Crippen molar-refractivity contribution in [2.45, 2.75) is 58.1 Å². The molecule has 2 aromatic carbocycles. The van der Waals surface area contributed by atoms with Gasteiger partial charge in [-0.05, 0) is 51.0 Å². The number of nitro benzene ring substituents is 1. The van der Waals surface area contributed by atoms with Gasteiger partial charge >= 0.3 is 11.9 Å². The van der Waals surface area contributed by atoms with Gasteiger partial charge in [0.15, 0.2) is 11.9 Å². The summed E-state index contributed by atoms with van der Waals surface area (Å²) in [6.45, 7) is 6.76. The number of carbonyl (C=O) groups is 1. The van der Waals surface area contributed by atoms with Gasteiger partial charge in [-0.15, -0.1) is 0 Å². The van der Waals surface area contributed by atoms with Crippen LogP contribution in [-0.4, -0.2) is 53.9 Å². The number of ether oxygens (including phenoxy) is 4. The van der Waals surface area contributed by atoms with Gasteiger partial charge in [0, 0.05) is 18.7 Å². The Morgan fingerprint density at radius 3 is 2.49 bits per heavy atom. The molecular formula is C26H30ClF3N2O7. The molecule has 0 aliphatic carbocycles. The highest BCUT2D eigenvalue weighted by atomic mass is 35.5. The Morgan fingerprint density at radius 2 is 1.90 bits per heavy atom. The number of carbonyl (C=O) groups excluding carboxylic acids is 1. The number of rotatable bonds is 11. The number of unbranched alkanes of at least 4 members (excludes halogenated alkanes) is 1. The molecule has 0 N–H and O–H groups in total.